The lowest BCUT2D eigenvalue weighted by molar-refractivity contribution is -0.142. The summed E-state index contributed by atoms with van der Waals surface area (Å²) in [5.41, 5.74) is 2.41. The average molecular weight is 248 g/mol. The van der Waals surface area contributed by atoms with Crippen molar-refractivity contribution < 1.29 is 9.90 Å². The van der Waals surface area contributed by atoms with Crippen molar-refractivity contribution in [3.05, 3.63) is 17.2 Å². The predicted octanol–water partition coefficient (Wildman–Crippen LogP) is 2.50. The SMILES string of the molecule is Cc1nc(C2CCCC2)c2n1CCC(C(=O)O)C2. The summed E-state index contributed by atoms with van der Waals surface area (Å²) in [5.74, 6) is 0.773. The number of rotatable bonds is 2. The van der Waals surface area contributed by atoms with E-state index in [2.05, 4.69) is 4.57 Å². The summed E-state index contributed by atoms with van der Waals surface area (Å²) in [6, 6.07) is 0. The number of carbonyl (C=O) groups is 1. The highest BCUT2D eigenvalue weighted by molar-refractivity contribution is 5.70. The van der Waals surface area contributed by atoms with Gasteiger partial charge in [-0.3, -0.25) is 4.79 Å². The highest BCUT2D eigenvalue weighted by atomic mass is 16.4. The number of hydrogen-bond acceptors (Lipinski definition) is 2. The Hall–Kier alpha value is -1.32. The monoisotopic (exact) mass is 248 g/mol. The minimum Gasteiger partial charge on any atom is -0.481 e. The van der Waals surface area contributed by atoms with E-state index in [9.17, 15) is 9.90 Å². The minimum atomic E-state index is -0.655. The third-order valence-electron chi connectivity index (χ3n) is 4.53. The number of carboxylic acid groups (broad SMARTS) is 1. The molecule has 1 fully saturated rings. The molecule has 18 heavy (non-hydrogen) atoms. The second-order valence-corrected chi connectivity index (χ2v) is 5.65. The van der Waals surface area contributed by atoms with Crippen molar-refractivity contribution in [3.63, 3.8) is 0 Å². The minimum absolute atomic E-state index is 0.214. The van der Waals surface area contributed by atoms with Crippen molar-refractivity contribution in [3.8, 4) is 0 Å². The van der Waals surface area contributed by atoms with Crippen LogP contribution in [0.4, 0.5) is 0 Å². The third-order valence-corrected chi connectivity index (χ3v) is 4.53. The van der Waals surface area contributed by atoms with Crippen LogP contribution in [0.2, 0.25) is 0 Å². The summed E-state index contributed by atoms with van der Waals surface area (Å²) >= 11 is 0. The standard InChI is InChI=1S/C14H20N2O2/c1-9-15-13(10-4-2-3-5-10)12-8-11(14(17)18)6-7-16(9)12/h10-11H,2-8H2,1H3,(H,17,18). The quantitative estimate of drug-likeness (QED) is 0.874. The van der Waals surface area contributed by atoms with E-state index in [0.29, 0.717) is 12.3 Å². The number of aryl methyl sites for hydroxylation is 1. The second kappa shape index (κ2) is 4.41. The van der Waals surface area contributed by atoms with Crippen molar-refractivity contribution in [1.29, 1.82) is 0 Å². The van der Waals surface area contributed by atoms with Crippen molar-refractivity contribution in [2.24, 2.45) is 5.92 Å². The molecule has 4 heteroatoms. The Kier molecular flexibility index (Phi) is 2.88. The van der Waals surface area contributed by atoms with Crippen LogP contribution in [0.1, 0.15) is 55.2 Å². The fourth-order valence-electron chi connectivity index (χ4n) is 3.50. The molecule has 1 atom stereocenters. The Balaban J connectivity index is 1.95. The van der Waals surface area contributed by atoms with Crippen molar-refractivity contribution >= 4 is 5.97 Å². The van der Waals surface area contributed by atoms with Gasteiger partial charge in [-0.15, -0.1) is 0 Å². The number of imidazole rings is 1. The number of aliphatic carboxylic acids is 1. The Labute approximate surface area is 107 Å². The van der Waals surface area contributed by atoms with Gasteiger partial charge in [0.1, 0.15) is 5.82 Å². The number of carboxylic acids is 1. The van der Waals surface area contributed by atoms with Crippen LogP contribution >= 0.6 is 0 Å². The molecule has 1 aliphatic carbocycles. The molecule has 98 valence electrons. The van der Waals surface area contributed by atoms with Gasteiger partial charge in [0.25, 0.3) is 0 Å². The van der Waals surface area contributed by atoms with Gasteiger partial charge in [-0.1, -0.05) is 12.8 Å². The van der Waals surface area contributed by atoms with Crippen LogP contribution in [-0.4, -0.2) is 20.6 Å². The molecule has 1 aromatic heterocycles. The molecule has 0 radical (unpaired) electrons. The van der Waals surface area contributed by atoms with Gasteiger partial charge in [0.15, 0.2) is 0 Å². The third kappa shape index (κ3) is 1.84. The van der Waals surface area contributed by atoms with Gasteiger partial charge in [0, 0.05) is 24.6 Å². The molecular weight excluding hydrogens is 228 g/mol. The van der Waals surface area contributed by atoms with E-state index in [4.69, 9.17) is 4.98 Å². The normalized spacial score (nSPS) is 24.2. The number of aromatic nitrogens is 2. The largest absolute Gasteiger partial charge is 0.481 e. The summed E-state index contributed by atoms with van der Waals surface area (Å²) in [5, 5.41) is 9.20. The first-order valence-corrected chi connectivity index (χ1v) is 6.95. The highest BCUT2D eigenvalue weighted by Crippen LogP contribution is 2.37. The predicted molar refractivity (Wildman–Crippen MR) is 67.6 cm³/mol. The van der Waals surface area contributed by atoms with Crippen LogP contribution in [0.15, 0.2) is 0 Å². The zero-order valence-corrected chi connectivity index (χ0v) is 10.9. The van der Waals surface area contributed by atoms with Gasteiger partial charge in [-0.05, 0) is 26.2 Å². The van der Waals surface area contributed by atoms with Crippen molar-refractivity contribution in [2.45, 2.75) is 57.9 Å². The first-order valence-electron chi connectivity index (χ1n) is 6.95. The first kappa shape index (κ1) is 11.8. The molecule has 2 aliphatic rings. The molecule has 1 aromatic rings. The number of hydrogen-bond donors (Lipinski definition) is 1. The van der Waals surface area contributed by atoms with Crippen LogP contribution < -0.4 is 0 Å². The first-order chi connectivity index (χ1) is 8.66. The molecule has 0 aromatic carbocycles. The van der Waals surface area contributed by atoms with Gasteiger partial charge in [0.05, 0.1) is 11.6 Å². The van der Waals surface area contributed by atoms with Crippen LogP contribution in [0.3, 0.4) is 0 Å². The Bertz CT molecular complexity index is 472. The summed E-state index contributed by atoms with van der Waals surface area (Å²) in [6.45, 7) is 2.86. The number of fused-ring (bicyclic) bond motifs is 1. The summed E-state index contributed by atoms with van der Waals surface area (Å²) in [4.78, 5) is 15.9. The molecule has 2 heterocycles. The van der Waals surface area contributed by atoms with E-state index < -0.39 is 5.97 Å². The molecule has 4 nitrogen and oxygen atoms in total. The second-order valence-electron chi connectivity index (χ2n) is 5.65. The van der Waals surface area contributed by atoms with Crippen molar-refractivity contribution in [2.75, 3.05) is 0 Å². The highest BCUT2D eigenvalue weighted by Gasteiger charge is 2.31. The van der Waals surface area contributed by atoms with Crippen LogP contribution in [-0.2, 0) is 17.8 Å². The summed E-state index contributed by atoms with van der Waals surface area (Å²) < 4.78 is 2.24. The fourth-order valence-corrected chi connectivity index (χ4v) is 3.50. The maximum absolute atomic E-state index is 11.2. The van der Waals surface area contributed by atoms with Gasteiger partial charge in [-0.2, -0.15) is 0 Å². The lowest BCUT2D eigenvalue weighted by Gasteiger charge is -2.23. The maximum Gasteiger partial charge on any atom is 0.306 e. The van der Waals surface area contributed by atoms with Gasteiger partial charge < -0.3 is 9.67 Å². The van der Waals surface area contributed by atoms with E-state index in [0.717, 1.165) is 18.8 Å². The summed E-state index contributed by atoms with van der Waals surface area (Å²) in [6.07, 6.45) is 6.44. The molecule has 0 spiro atoms. The zero-order valence-electron chi connectivity index (χ0n) is 10.9. The van der Waals surface area contributed by atoms with E-state index in [1.165, 1.54) is 37.1 Å². The van der Waals surface area contributed by atoms with Crippen LogP contribution in [0, 0.1) is 12.8 Å². The summed E-state index contributed by atoms with van der Waals surface area (Å²) in [7, 11) is 0. The maximum atomic E-state index is 11.2. The smallest absolute Gasteiger partial charge is 0.306 e. The Morgan fingerprint density at radius 2 is 2.06 bits per heavy atom. The van der Waals surface area contributed by atoms with Crippen LogP contribution in [0.5, 0.6) is 0 Å². The van der Waals surface area contributed by atoms with Gasteiger partial charge in [0.2, 0.25) is 0 Å². The molecular formula is C14H20N2O2. The Morgan fingerprint density at radius 1 is 1.33 bits per heavy atom. The fraction of sp³-hybridized carbons (Fsp3) is 0.714. The average Bonchev–Trinajstić information content (AvgIpc) is 2.97. The number of nitrogens with zero attached hydrogens (tertiary/aromatic N) is 2. The lowest BCUT2D eigenvalue weighted by Crippen LogP contribution is -2.26. The lowest BCUT2D eigenvalue weighted by atomic mass is 9.91. The zero-order chi connectivity index (χ0) is 12.7. The molecule has 1 N–H and O–H groups in total. The molecule has 0 bridgehead atoms. The molecule has 1 aliphatic heterocycles. The van der Waals surface area contributed by atoms with Crippen LogP contribution in [0.25, 0.3) is 0 Å². The molecule has 0 saturated heterocycles. The van der Waals surface area contributed by atoms with Gasteiger partial charge >= 0.3 is 5.97 Å². The molecule has 1 saturated carbocycles. The van der Waals surface area contributed by atoms with Gasteiger partial charge in [-0.25, -0.2) is 4.98 Å². The topological polar surface area (TPSA) is 55.1 Å². The molecule has 3 rings (SSSR count). The molecule has 1 unspecified atom stereocenters. The molecule has 0 amide bonds. The van der Waals surface area contributed by atoms with Crippen molar-refractivity contribution in [1.82, 2.24) is 9.55 Å². The Morgan fingerprint density at radius 3 is 2.72 bits per heavy atom. The van der Waals surface area contributed by atoms with E-state index in [1.807, 2.05) is 6.92 Å². The van der Waals surface area contributed by atoms with E-state index in [1.54, 1.807) is 0 Å². The van der Waals surface area contributed by atoms with E-state index >= 15 is 0 Å². The van der Waals surface area contributed by atoms with E-state index in [-0.39, 0.29) is 5.92 Å².